The van der Waals surface area contributed by atoms with Crippen LogP contribution in [0.1, 0.15) is 75.0 Å². The van der Waals surface area contributed by atoms with E-state index in [1.165, 1.54) is 11.1 Å². The van der Waals surface area contributed by atoms with Gasteiger partial charge >= 0.3 is 0 Å². The van der Waals surface area contributed by atoms with Crippen LogP contribution in [0.5, 0.6) is 0 Å². The van der Waals surface area contributed by atoms with E-state index < -0.39 is 17.8 Å². The Balaban J connectivity index is 1.19. The molecule has 7 nitrogen and oxygen atoms in total. The fourth-order valence-corrected chi connectivity index (χ4v) is 6.91. The van der Waals surface area contributed by atoms with Crippen LogP contribution in [0.4, 0.5) is 4.39 Å². The Hall–Kier alpha value is -3.01. The monoisotopic (exact) mass is 592 g/mol. The van der Waals surface area contributed by atoms with Gasteiger partial charge in [0.2, 0.25) is 0 Å². The van der Waals surface area contributed by atoms with E-state index in [4.69, 9.17) is 4.99 Å². The average Bonchev–Trinajstić information content (AvgIpc) is 3.28. The quantitative estimate of drug-likeness (QED) is 0.451. The van der Waals surface area contributed by atoms with Crippen molar-refractivity contribution in [2.24, 2.45) is 4.99 Å². The zero-order chi connectivity index (χ0) is 30.2. The van der Waals surface area contributed by atoms with Crippen LogP contribution in [0.25, 0.3) is 6.08 Å². The molecule has 0 unspecified atom stereocenters. The minimum Gasteiger partial charge on any atom is -0.387 e. The second-order valence-electron chi connectivity index (χ2n) is 12.2. The number of piperidine rings is 2. The summed E-state index contributed by atoms with van der Waals surface area (Å²) in [6, 6.07) is 8.08. The summed E-state index contributed by atoms with van der Waals surface area (Å²) in [6.45, 7) is 11.7. The van der Waals surface area contributed by atoms with Gasteiger partial charge in [-0.2, -0.15) is 0 Å². The number of aliphatic hydroxyl groups is 1. The molecule has 2 fully saturated rings. The van der Waals surface area contributed by atoms with Crippen LogP contribution in [0.15, 0.2) is 34.7 Å². The van der Waals surface area contributed by atoms with Crippen molar-refractivity contribution < 1.29 is 19.1 Å². The number of hydrogen-bond acceptors (Lipinski definition) is 6. The number of carbonyl (C=O) groups is 2. The van der Waals surface area contributed by atoms with Gasteiger partial charge in [0.05, 0.1) is 5.60 Å². The number of amides is 2. The summed E-state index contributed by atoms with van der Waals surface area (Å²) in [7, 11) is 0. The van der Waals surface area contributed by atoms with E-state index in [0.717, 1.165) is 40.9 Å². The molecule has 3 aliphatic heterocycles. The Morgan fingerprint density at radius 1 is 0.952 bits per heavy atom. The van der Waals surface area contributed by atoms with Gasteiger partial charge in [0, 0.05) is 37.3 Å². The van der Waals surface area contributed by atoms with Gasteiger partial charge < -0.3 is 15.3 Å². The number of nitrogens with one attached hydrogen (secondary N) is 1. The maximum absolute atomic E-state index is 13.1. The third-order valence-electron chi connectivity index (χ3n) is 9.14. The lowest BCUT2D eigenvalue weighted by Crippen LogP contribution is -2.47. The second kappa shape index (κ2) is 11.9. The SMILES string of the molecule is Cc1cc(C)c(C2=NC3(CCN(S/C=C/c4c(C)cc(C(=O)N5CCC(O)(CF)CC5)cc4C)CC3)C(=O)N2)cc1C. The Bertz CT molecular complexity index is 1430. The van der Waals surface area contributed by atoms with Crippen LogP contribution < -0.4 is 5.32 Å². The molecule has 3 aliphatic rings. The minimum atomic E-state index is -1.30. The summed E-state index contributed by atoms with van der Waals surface area (Å²) in [6.07, 6.45) is 3.93. The van der Waals surface area contributed by atoms with Crippen molar-refractivity contribution in [3.05, 3.63) is 74.2 Å². The molecule has 224 valence electrons. The first kappa shape index (κ1) is 30.4. The zero-order valence-corrected chi connectivity index (χ0v) is 26.0. The predicted octanol–water partition coefficient (Wildman–Crippen LogP) is 5.20. The maximum atomic E-state index is 13.1. The Labute approximate surface area is 252 Å². The van der Waals surface area contributed by atoms with Crippen LogP contribution in [0, 0.1) is 34.6 Å². The highest BCUT2D eigenvalue weighted by Gasteiger charge is 2.46. The molecule has 2 saturated heterocycles. The molecule has 2 amide bonds. The molecule has 9 heteroatoms. The third-order valence-corrected chi connectivity index (χ3v) is 10.1. The summed E-state index contributed by atoms with van der Waals surface area (Å²) in [5.74, 6) is 0.610. The topological polar surface area (TPSA) is 85.2 Å². The first-order valence-corrected chi connectivity index (χ1v) is 15.5. The van der Waals surface area contributed by atoms with E-state index >= 15 is 0 Å². The van der Waals surface area contributed by atoms with Crippen LogP contribution >= 0.6 is 11.9 Å². The van der Waals surface area contributed by atoms with E-state index in [2.05, 4.69) is 54.0 Å². The molecule has 2 aromatic rings. The van der Waals surface area contributed by atoms with E-state index in [-0.39, 0.29) is 24.7 Å². The second-order valence-corrected chi connectivity index (χ2v) is 13.2. The normalized spacial score (nSPS) is 20.3. The summed E-state index contributed by atoms with van der Waals surface area (Å²) >= 11 is 1.63. The number of aliphatic imine (C=N–C) groups is 1. The maximum Gasteiger partial charge on any atom is 0.253 e. The van der Waals surface area contributed by atoms with Crippen molar-refractivity contribution >= 4 is 35.7 Å². The first-order chi connectivity index (χ1) is 19.9. The number of amidine groups is 1. The molecular weight excluding hydrogens is 551 g/mol. The highest BCUT2D eigenvalue weighted by atomic mass is 32.2. The predicted molar refractivity (Wildman–Crippen MR) is 167 cm³/mol. The number of carbonyl (C=O) groups excluding carboxylic acids is 2. The minimum absolute atomic E-state index is 0.00106. The highest BCUT2D eigenvalue weighted by molar-refractivity contribution is 8.00. The number of nitrogens with zero attached hydrogens (tertiary/aromatic N) is 3. The van der Waals surface area contributed by atoms with Crippen molar-refractivity contribution in [3.8, 4) is 0 Å². The molecule has 0 aromatic heterocycles. The number of likely N-dealkylation sites (tertiary alicyclic amines) is 1. The standard InChI is InChI=1S/C33H41FN4O3S/c1-21-16-23(3)28(19-22(21)2)29-35-31(40)33(36-29)9-13-38(14-10-33)42-15-6-27-24(4)17-26(18-25(27)5)30(39)37-11-7-32(41,20-34)8-12-37/h6,15-19,41H,7-14,20H2,1-5H3,(H,35,36,40)/b15-6+. The molecule has 3 heterocycles. The van der Waals surface area contributed by atoms with Gasteiger partial charge in [-0.1, -0.05) is 18.0 Å². The Morgan fingerprint density at radius 3 is 2.19 bits per heavy atom. The smallest absolute Gasteiger partial charge is 0.253 e. The van der Waals surface area contributed by atoms with Crippen LogP contribution in [-0.4, -0.2) is 76.0 Å². The van der Waals surface area contributed by atoms with E-state index in [1.54, 1.807) is 16.8 Å². The number of benzene rings is 2. The van der Waals surface area contributed by atoms with Crippen LogP contribution in [-0.2, 0) is 4.79 Å². The van der Waals surface area contributed by atoms with Crippen molar-refractivity contribution in [1.29, 1.82) is 0 Å². The van der Waals surface area contributed by atoms with Gasteiger partial charge in [0.25, 0.3) is 11.8 Å². The third kappa shape index (κ3) is 6.05. The molecule has 2 N–H and O–H groups in total. The molecule has 42 heavy (non-hydrogen) atoms. The Kier molecular flexibility index (Phi) is 8.65. The van der Waals surface area contributed by atoms with E-state index in [9.17, 15) is 19.1 Å². The molecule has 0 radical (unpaired) electrons. The van der Waals surface area contributed by atoms with E-state index in [1.807, 2.05) is 26.0 Å². The number of hydrogen-bond donors (Lipinski definition) is 2. The summed E-state index contributed by atoms with van der Waals surface area (Å²) in [4.78, 5) is 32.8. The molecule has 0 saturated carbocycles. The Morgan fingerprint density at radius 2 is 1.57 bits per heavy atom. The molecule has 0 atom stereocenters. The van der Waals surface area contributed by atoms with Crippen molar-refractivity contribution in [3.63, 3.8) is 0 Å². The number of rotatable bonds is 6. The zero-order valence-electron chi connectivity index (χ0n) is 25.2. The largest absolute Gasteiger partial charge is 0.387 e. The average molecular weight is 593 g/mol. The van der Waals surface area contributed by atoms with E-state index in [0.29, 0.717) is 37.3 Å². The van der Waals surface area contributed by atoms with Gasteiger partial charge in [-0.05, 0) is 123 Å². The summed E-state index contributed by atoms with van der Waals surface area (Å²) < 4.78 is 15.4. The lowest BCUT2D eigenvalue weighted by atomic mass is 9.89. The van der Waals surface area contributed by atoms with Crippen molar-refractivity contribution in [2.45, 2.75) is 71.4 Å². The van der Waals surface area contributed by atoms with Gasteiger partial charge in [-0.25, -0.2) is 8.70 Å². The van der Waals surface area contributed by atoms with Crippen LogP contribution in [0.3, 0.4) is 0 Å². The first-order valence-electron chi connectivity index (χ1n) is 14.7. The summed E-state index contributed by atoms with van der Waals surface area (Å²) in [5.41, 5.74) is 6.25. The molecule has 0 bridgehead atoms. The number of halogens is 1. The van der Waals surface area contributed by atoms with Crippen molar-refractivity contribution in [2.75, 3.05) is 32.9 Å². The van der Waals surface area contributed by atoms with Gasteiger partial charge in [-0.15, -0.1) is 0 Å². The fraction of sp³-hybridized carbons (Fsp3) is 0.485. The van der Waals surface area contributed by atoms with Gasteiger partial charge in [-0.3, -0.25) is 14.6 Å². The van der Waals surface area contributed by atoms with Crippen LogP contribution in [0.2, 0.25) is 0 Å². The molecule has 5 rings (SSSR count). The molecule has 0 aliphatic carbocycles. The fourth-order valence-electron chi connectivity index (χ4n) is 6.15. The summed E-state index contributed by atoms with van der Waals surface area (Å²) in [5, 5.41) is 15.3. The molecule has 2 aromatic carbocycles. The highest BCUT2D eigenvalue weighted by Crippen LogP contribution is 2.34. The van der Waals surface area contributed by atoms with Crippen molar-refractivity contribution in [1.82, 2.24) is 14.5 Å². The van der Waals surface area contributed by atoms with Gasteiger partial charge in [0.15, 0.2) is 0 Å². The number of aryl methyl sites for hydroxylation is 5. The lowest BCUT2D eigenvalue weighted by molar-refractivity contribution is -0.124. The van der Waals surface area contributed by atoms with Gasteiger partial charge in [0.1, 0.15) is 18.0 Å². The molecular formula is C33H41FN4O3S. The molecule has 1 spiro atoms. The number of alkyl halides is 1. The lowest BCUT2D eigenvalue weighted by Gasteiger charge is -2.36.